The number of nitro benzene ring substituents is 1. The molecule has 0 saturated carbocycles. The molecule has 0 aliphatic carbocycles. The van der Waals surface area contributed by atoms with Crippen molar-refractivity contribution in [3.8, 4) is 0 Å². The Balaban J connectivity index is 2.21. The van der Waals surface area contributed by atoms with Gasteiger partial charge in [0.1, 0.15) is 5.56 Å². The number of nitrogens with zero attached hydrogens (tertiary/aromatic N) is 1. The first-order valence-corrected chi connectivity index (χ1v) is 6.70. The minimum Gasteiger partial charge on any atom is -0.477 e. The van der Waals surface area contributed by atoms with Gasteiger partial charge in [0.15, 0.2) is 0 Å². The molecule has 0 saturated heterocycles. The second-order valence-corrected chi connectivity index (χ2v) is 4.97. The monoisotopic (exact) mass is 292 g/mol. The maximum absolute atomic E-state index is 11.0. The van der Waals surface area contributed by atoms with Crippen molar-refractivity contribution in [1.82, 2.24) is 0 Å². The largest absolute Gasteiger partial charge is 0.477 e. The molecule has 0 radical (unpaired) electrons. The van der Waals surface area contributed by atoms with E-state index in [0.29, 0.717) is 12.2 Å². The molecular weight excluding hydrogens is 280 g/mol. The maximum atomic E-state index is 11.0. The van der Waals surface area contributed by atoms with E-state index in [9.17, 15) is 14.9 Å². The van der Waals surface area contributed by atoms with Crippen LogP contribution < -0.4 is 5.32 Å². The third-order valence-corrected chi connectivity index (χ3v) is 3.78. The summed E-state index contributed by atoms with van der Waals surface area (Å²) < 4.78 is 0. The number of hydrogen-bond donors (Lipinski definition) is 2. The number of nitrogens with one attached hydrogen (secondary N) is 1. The zero-order chi connectivity index (χ0) is 14.7. The van der Waals surface area contributed by atoms with Crippen molar-refractivity contribution >= 4 is 28.7 Å². The number of carbonyl (C=O) groups is 1. The van der Waals surface area contributed by atoms with E-state index < -0.39 is 16.6 Å². The van der Waals surface area contributed by atoms with Gasteiger partial charge < -0.3 is 10.4 Å². The van der Waals surface area contributed by atoms with Gasteiger partial charge in [0.2, 0.25) is 0 Å². The zero-order valence-electron chi connectivity index (χ0n) is 10.6. The molecule has 2 rings (SSSR count). The molecule has 1 aromatic carbocycles. The quantitative estimate of drug-likeness (QED) is 0.651. The summed E-state index contributed by atoms with van der Waals surface area (Å²) in [4.78, 5) is 21.1. The van der Waals surface area contributed by atoms with Gasteiger partial charge in [-0.05, 0) is 40.9 Å². The Kier molecular flexibility index (Phi) is 3.99. The molecule has 2 N–H and O–H groups in total. The molecule has 0 spiro atoms. The van der Waals surface area contributed by atoms with E-state index in [-0.39, 0.29) is 5.56 Å². The number of benzene rings is 1. The Morgan fingerprint density at radius 1 is 1.45 bits per heavy atom. The number of nitro groups is 1. The van der Waals surface area contributed by atoms with Gasteiger partial charge >= 0.3 is 5.97 Å². The SMILES string of the molecule is Cc1cscc1CNc1ccc([N+](=O)[O-])c(C(=O)O)c1. The molecule has 7 heteroatoms. The fourth-order valence-corrected chi connectivity index (χ4v) is 2.60. The average Bonchev–Trinajstić information content (AvgIpc) is 2.81. The highest BCUT2D eigenvalue weighted by molar-refractivity contribution is 7.08. The van der Waals surface area contributed by atoms with Crippen LogP contribution in [-0.4, -0.2) is 16.0 Å². The van der Waals surface area contributed by atoms with Crippen LogP contribution in [0.25, 0.3) is 0 Å². The number of carboxylic acids is 1. The van der Waals surface area contributed by atoms with Crippen LogP contribution in [0.3, 0.4) is 0 Å². The molecule has 1 heterocycles. The lowest BCUT2D eigenvalue weighted by atomic mass is 10.1. The lowest BCUT2D eigenvalue weighted by molar-refractivity contribution is -0.385. The minimum atomic E-state index is -1.31. The summed E-state index contributed by atoms with van der Waals surface area (Å²) in [5.41, 5.74) is 2.09. The molecule has 0 fully saturated rings. The van der Waals surface area contributed by atoms with Gasteiger partial charge in [-0.3, -0.25) is 10.1 Å². The van der Waals surface area contributed by atoms with Crippen molar-refractivity contribution in [1.29, 1.82) is 0 Å². The standard InChI is InChI=1S/C13H12N2O4S/c1-8-6-20-7-9(8)5-14-10-2-3-12(15(18)19)11(4-10)13(16)17/h2-4,6-7,14H,5H2,1H3,(H,16,17). The number of anilines is 1. The molecule has 0 aliphatic rings. The summed E-state index contributed by atoms with van der Waals surface area (Å²) in [6, 6.07) is 3.99. The Labute approximate surface area is 118 Å². The molecule has 0 bridgehead atoms. The third-order valence-electron chi connectivity index (χ3n) is 2.87. The molecule has 0 aliphatic heterocycles. The number of aromatic carboxylic acids is 1. The van der Waals surface area contributed by atoms with Gasteiger partial charge in [0.05, 0.1) is 4.92 Å². The molecule has 0 amide bonds. The first-order valence-electron chi connectivity index (χ1n) is 5.76. The highest BCUT2D eigenvalue weighted by Gasteiger charge is 2.19. The van der Waals surface area contributed by atoms with Crippen LogP contribution >= 0.6 is 11.3 Å². The average molecular weight is 292 g/mol. The second kappa shape index (κ2) is 5.70. The molecule has 6 nitrogen and oxygen atoms in total. The summed E-state index contributed by atoms with van der Waals surface area (Å²) in [5.74, 6) is -1.31. The number of rotatable bonds is 5. The van der Waals surface area contributed by atoms with Crippen LogP contribution in [0.4, 0.5) is 11.4 Å². The Morgan fingerprint density at radius 2 is 2.20 bits per heavy atom. The first kappa shape index (κ1) is 14.0. The van der Waals surface area contributed by atoms with Crippen LogP contribution in [0.2, 0.25) is 0 Å². The van der Waals surface area contributed by atoms with E-state index in [2.05, 4.69) is 5.32 Å². The van der Waals surface area contributed by atoms with Crippen LogP contribution in [0.1, 0.15) is 21.5 Å². The molecule has 1 aromatic heterocycles. The van der Waals surface area contributed by atoms with Gasteiger partial charge in [0.25, 0.3) is 5.69 Å². The van der Waals surface area contributed by atoms with Crippen LogP contribution in [0, 0.1) is 17.0 Å². The predicted octanol–water partition coefficient (Wildman–Crippen LogP) is 3.28. The van der Waals surface area contributed by atoms with E-state index in [1.165, 1.54) is 18.2 Å². The van der Waals surface area contributed by atoms with E-state index >= 15 is 0 Å². The number of hydrogen-bond acceptors (Lipinski definition) is 5. The fourth-order valence-electron chi connectivity index (χ4n) is 1.74. The first-order chi connectivity index (χ1) is 9.49. The van der Waals surface area contributed by atoms with Crippen molar-refractivity contribution in [2.45, 2.75) is 13.5 Å². The van der Waals surface area contributed by atoms with Crippen LogP contribution in [0.15, 0.2) is 29.0 Å². The third kappa shape index (κ3) is 2.94. The Bertz CT molecular complexity index is 666. The zero-order valence-corrected chi connectivity index (χ0v) is 11.4. The summed E-state index contributed by atoms with van der Waals surface area (Å²) >= 11 is 1.59. The molecule has 0 atom stereocenters. The summed E-state index contributed by atoms with van der Waals surface area (Å²) in [5, 5.41) is 26.9. The number of thiophene rings is 1. The Hall–Kier alpha value is -2.41. The van der Waals surface area contributed by atoms with E-state index in [4.69, 9.17) is 5.11 Å². The van der Waals surface area contributed by atoms with Gasteiger partial charge in [0, 0.05) is 18.3 Å². The van der Waals surface area contributed by atoms with Crippen molar-refractivity contribution in [2.75, 3.05) is 5.32 Å². The van der Waals surface area contributed by atoms with Gasteiger partial charge in [-0.1, -0.05) is 0 Å². The van der Waals surface area contributed by atoms with Crippen molar-refractivity contribution in [3.05, 3.63) is 55.8 Å². The predicted molar refractivity (Wildman–Crippen MR) is 76.4 cm³/mol. The normalized spacial score (nSPS) is 10.2. The van der Waals surface area contributed by atoms with Crippen molar-refractivity contribution < 1.29 is 14.8 Å². The Morgan fingerprint density at radius 3 is 2.75 bits per heavy atom. The number of aryl methyl sites for hydroxylation is 1. The topological polar surface area (TPSA) is 92.5 Å². The lowest BCUT2D eigenvalue weighted by Crippen LogP contribution is -2.05. The van der Waals surface area contributed by atoms with Gasteiger partial charge in [-0.25, -0.2) is 4.79 Å². The smallest absolute Gasteiger partial charge is 0.342 e. The van der Waals surface area contributed by atoms with Gasteiger partial charge in [-0.2, -0.15) is 11.3 Å². The van der Waals surface area contributed by atoms with Crippen LogP contribution in [0.5, 0.6) is 0 Å². The van der Waals surface area contributed by atoms with Gasteiger partial charge in [-0.15, -0.1) is 0 Å². The van der Waals surface area contributed by atoms with E-state index in [1.54, 1.807) is 11.3 Å². The molecule has 0 unspecified atom stereocenters. The van der Waals surface area contributed by atoms with E-state index in [0.717, 1.165) is 11.1 Å². The fraction of sp³-hybridized carbons (Fsp3) is 0.154. The minimum absolute atomic E-state index is 0.318. The van der Waals surface area contributed by atoms with Crippen molar-refractivity contribution in [2.24, 2.45) is 0 Å². The summed E-state index contributed by atoms with van der Waals surface area (Å²) in [6.07, 6.45) is 0. The summed E-state index contributed by atoms with van der Waals surface area (Å²) in [7, 11) is 0. The molecular formula is C13H12N2O4S. The van der Waals surface area contributed by atoms with E-state index in [1.807, 2.05) is 17.7 Å². The molecule has 104 valence electrons. The molecule has 2 aromatic rings. The lowest BCUT2D eigenvalue weighted by Gasteiger charge is -2.07. The maximum Gasteiger partial charge on any atom is 0.342 e. The summed E-state index contributed by atoms with van der Waals surface area (Å²) in [6.45, 7) is 2.54. The van der Waals surface area contributed by atoms with Crippen LogP contribution in [-0.2, 0) is 6.54 Å². The number of carboxylic acid groups (broad SMARTS) is 1. The van der Waals surface area contributed by atoms with Crippen molar-refractivity contribution in [3.63, 3.8) is 0 Å². The molecule has 20 heavy (non-hydrogen) atoms. The second-order valence-electron chi connectivity index (χ2n) is 4.23. The highest BCUT2D eigenvalue weighted by Crippen LogP contribution is 2.23. The highest BCUT2D eigenvalue weighted by atomic mass is 32.1.